The zero-order chi connectivity index (χ0) is 11.7. The minimum absolute atomic E-state index is 0.316. The van der Waals surface area contributed by atoms with E-state index in [1.807, 2.05) is 0 Å². The number of pyridine rings is 1. The first-order chi connectivity index (χ1) is 7.59. The van der Waals surface area contributed by atoms with Gasteiger partial charge in [0.1, 0.15) is 5.69 Å². The molecule has 1 aliphatic rings. The minimum Gasteiger partial charge on any atom is -0.380 e. The summed E-state index contributed by atoms with van der Waals surface area (Å²) >= 11 is 0. The van der Waals surface area contributed by atoms with Crippen LogP contribution in [0.4, 0.5) is 23.2 Å². The molecule has 0 amide bonds. The second kappa shape index (κ2) is 4.27. The molecule has 1 fully saturated rings. The number of hydrogen-bond donors (Lipinski definition) is 1. The molecule has 1 aromatic heterocycles. The number of aromatic nitrogens is 1. The highest BCUT2D eigenvalue weighted by atomic mass is 19.2. The third kappa shape index (κ3) is 1.96. The molecule has 1 aliphatic carbocycles. The zero-order valence-electron chi connectivity index (χ0n) is 8.36. The number of hydrogen-bond acceptors (Lipinski definition) is 2. The monoisotopic (exact) mass is 234 g/mol. The summed E-state index contributed by atoms with van der Waals surface area (Å²) in [4.78, 5) is 2.47. The summed E-state index contributed by atoms with van der Waals surface area (Å²) in [5, 5.41) is 2.39. The Labute approximate surface area is 89.7 Å². The van der Waals surface area contributed by atoms with Gasteiger partial charge in [0.25, 0.3) is 11.9 Å². The lowest BCUT2D eigenvalue weighted by molar-refractivity contribution is 0.331. The molecule has 1 N–H and O–H groups in total. The van der Waals surface area contributed by atoms with Crippen LogP contribution in [0, 0.1) is 29.4 Å². The van der Waals surface area contributed by atoms with Crippen molar-refractivity contribution in [3.8, 4) is 0 Å². The van der Waals surface area contributed by atoms with Crippen molar-refractivity contribution in [2.24, 2.45) is 5.92 Å². The van der Waals surface area contributed by atoms with E-state index in [9.17, 15) is 17.6 Å². The highest BCUT2D eigenvalue weighted by molar-refractivity contribution is 5.45. The van der Waals surface area contributed by atoms with E-state index in [1.165, 1.54) is 0 Å². The molecule has 0 spiro atoms. The Kier molecular flexibility index (Phi) is 2.98. The van der Waals surface area contributed by atoms with Crippen molar-refractivity contribution in [3.63, 3.8) is 0 Å². The number of nitrogens with one attached hydrogen (secondary N) is 1. The van der Waals surface area contributed by atoms with E-state index in [0.29, 0.717) is 12.5 Å². The molecule has 88 valence electrons. The van der Waals surface area contributed by atoms with Crippen molar-refractivity contribution in [1.29, 1.82) is 0 Å². The molecule has 2 nitrogen and oxygen atoms in total. The first-order valence-electron chi connectivity index (χ1n) is 5.03. The summed E-state index contributed by atoms with van der Waals surface area (Å²) in [7, 11) is 0. The summed E-state index contributed by atoms with van der Waals surface area (Å²) in [6, 6.07) is 0. The van der Waals surface area contributed by atoms with E-state index >= 15 is 0 Å². The molecule has 0 saturated heterocycles. The van der Waals surface area contributed by atoms with E-state index in [4.69, 9.17) is 0 Å². The van der Waals surface area contributed by atoms with Gasteiger partial charge in [-0.05, 0) is 18.8 Å². The topological polar surface area (TPSA) is 24.9 Å². The van der Waals surface area contributed by atoms with Gasteiger partial charge in [-0.3, -0.25) is 0 Å². The Morgan fingerprint density at radius 3 is 2.06 bits per heavy atom. The molecule has 0 aliphatic heterocycles. The quantitative estimate of drug-likeness (QED) is 0.642. The van der Waals surface area contributed by atoms with E-state index < -0.39 is 29.2 Å². The molecule has 1 saturated carbocycles. The van der Waals surface area contributed by atoms with Crippen LogP contribution in [-0.4, -0.2) is 11.5 Å². The Hall–Kier alpha value is -1.33. The largest absolute Gasteiger partial charge is 0.380 e. The lowest BCUT2D eigenvalue weighted by Gasteiger charge is -2.26. The first kappa shape index (κ1) is 11.2. The molecular weight excluding hydrogens is 224 g/mol. The Morgan fingerprint density at radius 1 is 1.06 bits per heavy atom. The lowest BCUT2D eigenvalue weighted by atomic mass is 9.85. The molecule has 1 heterocycles. The molecule has 2 rings (SSSR count). The molecule has 16 heavy (non-hydrogen) atoms. The molecule has 0 bridgehead atoms. The number of anilines is 1. The van der Waals surface area contributed by atoms with Crippen molar-refractivity contribution in [3.05, 3.63) is 23.5 Å². The third-order valence-electron chi connectivity index (χ3n) is 2.79. The van der Waals surface area contributed by atoms with Crippen molar-refractivity contribution < 1.29 is 17.6 Å². The van der Waals surface area contributed by atoms with Crippen LogP contribution in [0.1, 0.15) is 19.3 Å². The van der Waals surface area contributed by atoms with Crippen LogP contribution in [0.25, 0.3) is 0 Å². The summed E-state index contributed by atoms with van der Waals surface area (Å²) in [6.07, 6.45) is 3.01. The SMILES string of the molecule is Fc1nc(F)c(F)c(NCC2CCC2)c1F. The molecule has 1 aromatic rings. The molecule has 0 atom stereocenters. The molecule has 6 heteroatoms. The van der Waals surface area contributed by atoms with E-state index in [-0.39, 0.29) is 0 Å². The Bertz CT molecular complexity index is 378. The summed E-state index contributed by atoms with van der Waals surface area (Å²) in [5.74, 6) is -5.89. The van der Waals surface area contributed by atoms with Crippen LogP contribution in [0.2, 0.25) is 0 Å². The summed E-state index contributed by atoms with van der Waals surface area (Å²) in [6.45, 7) is 0.316. The highest BCUT2D eigenvalue weighted by Crippen LogP contribution is 2.28. The van der Waals surface area contributed by atoms with Crippen molar-refractivity contribution in [1.82, 2.24) is 4.98 Å². The standard InChI is InChI=1S/C10H10F4N2/c11-6-8(15-4-5-2-1-3-5)7(12)10(14)16-9(6)13/h5H,1-4H2,(H,15,16). The van der Waals surface area contributed by atoms with Crippen LogP contribution >= 0.6 is 0 Å². The average Bonchev–Trinajstić information content (AvgIpc) is 2.18. The van der Waals surface area contributed by atoms with E-state index in [2.05, 4.69) is 10.3 Å². The highest BCUT2D eigenvalue weighted by Gasteiger charge is 2.23. The van der Waals surface area contributed by atoms with E-state index in [1.54, 1.807) is 0 Å². The number of rotatable bonds is 3. The van der Waals surface area contributed by atoms with Gasteiger partial charge in [-0.15, -0.1) is 0 Å². The van der Waals surface area contributed by atoms with Gasteiger partial charge < -0.3 is 5.32 Å². The van der Waals surface area contributed by atoms with Crippen LogP contribution in [-0.2, 0) is 0 Å². The zero-order valence-corrected chi connectivity index (χ0v) is 8.36. The molecule has 0 aromatic carbocycles. The van der Waals surface area contributed by atoms with Crippen molar-refractivity contribution in [2.75, 3.05) is 11.9 Å². The van der Waals surface area contributed by atoms with E-state index in [0.717, 1.165) is 19.3 Å². The van der Waals surface area contributed by atoms with Crippen molar-refractivity contribution >= 4 is 5.69 Å². The van der Waals surface area contributed by atoms with Gasteiger partial charge in [0.2, 0.25) is 11.6 Å². The second-order valence-corrected chi connectivity index (χ2v) is 3.87. The fraction of sp³-hybridized carbons (Fsp3) is 0.500. The first-order valence-corrected chi connectivity index (χ1v) is 5.03. The van der Waals surface area contributed by atoms with Gasteiger partial charge in [0.15, 0.2) is 0 Å². The summed E-state index contributed by atoms with van der Waals surface area (Å²) < 4.78 is 51.6. The number of halogens is 4. The smallest absolute Gasteiger partial charge is 0.253 e. The van der Waals surface area contributed by atoms with Crippen LogP contribution in [0.3, 0.4) is 0 Å². The maximum atomic E-state index is 13.1. The molecule has 0 unspecified atom stereocenters. The maximum absolute atomic E-state index is 13.1. The maximum Gasteiger partial charge on any atom is 0.253 e. The van der Waals surface area contributed by atoms with Crippen LogP contribution < -0.4 is 5.32 Å². The van der Waals surface area contributed by atoms with Gasteiger partial charge >= 0.3 is 0 Å². The lowest BCUT2D eigenvalue weighted by Crippen LogP contribution is -2.22. The third-order valence-corrected chi connectivity index (χ3v) is 2.79. The average molecular weight is 234 g/mol. The van der Waals surface area contributed by atoms with Gasteiger partial charge in [-0.2, -0.15) is 22.5 Å². The normalized spacial score (nSPS) is 16.0. The Morgan fingerprint density at radius 2 is 1.62 bits per heavy atom. The summed E-state index contributed by atoms with van der Waals surface area (Å²) in [5.41, 5.74) is -0.767. The number of nitrogens with zero attached hydrogens (tertiary/aromatic N) is 1. The Balaban J connectivity index is 2.17. The molecular formula is C10H10F4N2. The van der Waals surface area contributed by atoms with Crippen LogP contribution in [0.15, 0.2) is 0 Å². The van der Waals surface area contributed by atoms with Gasteiger partial charge in [0.05, 0.1) is 0 Å². The van der Waals surface area contributed by atoms with Gasteiger partial charge in [-0.25, -0.2) is 0 Å². The van der Waals surface area contributed by atoms with Gasteiger partial charge in [-0.1, -0.05) is 6.42 Å². The fourth-order valence-electron chi connectivity index (χ4n) is 1.59. The fourth-order valence-corrected chi connectivity index (χ4v) is 1.59. The van der Waals surface area contributed by atoms with Gasteiger partial charge in [0, 0.05) is 6.54 Å². The van der Waals surface area contributed by atoms with Crippen LogP contribution in [0.5, 0.6) is 0 Å². The van der Waals surface area contributed by atoms with Crippen molar-refractivity contribution in [2.45, 2.75) is 19.3 Å². The second-order valence-electron chi connectivity index (χ2n) is 3.87. The minimum atomic E-state index is -1.63. The predicted molar refractivity (Wildman–Crippen MR) is 49.9 cm³/mol. The predicted octanol–water partition coefficient (Wildman–Crippen LogP) is 2.85. The molecule has 0 radical (unpaired) electrons.